The third-order valence-electron chi connectivity index (χ3n) is 4.26. The van der Waals surface area contributed by atoms with Crippen molar-refractivity contribution in [1.29, 1.82) is 0 Å². The molecule has 2 rings (SSSR count). The van der Waals surface area contributed by atoms with Gasteiger partial charge in [-0.05, 0) is 37.1 Å². The molecule has 0 saturated heterocycles. The summed E-state index contributed by atoms with van der Waals surface area (Å²) in [7, 11) is 3.86. The quantitative estimate of drug-likeness (QED) is 0.434. The van der Waals surface area contributed by atoms with Crippen molar-refractivity contribution in [2.24, 2.45) is 10.9 Å². The van der Waals surface area contributed by atoms with E-state index in [0.717, 1.165) is 51.3 Å². The lowest BCUT2D eigenvalue weighted by Crippen LogP contribution is -2.41. The van der Waals surface area contributed by atoms with Gasteiger partial charge in [-0.2, -0.15) is 0 Å². The molecule has 1 aromatic heterocycles. The summed E-state index contributed by atoms with van der Waals surface area (Å²) < 4.78 is 0. The number of likely N-dealkylation sites (N-methyl/N-ethyl adjacent to an activating group) is 1. The Morgan fingerprint density at radius 3 is 2.78 bits per heavy atom. The third-order valence-corrected chi connectivity index (χ3v) is 5.20. The molecule has 1 saturated carbocycles. The Kier molecular flexibility index (Phi) is 7.39. The fourth-order valence-electron chi connectivity index (χ4n) is 2.54. The van der Waals surface area contributed by atoms with E-state index in [2.05, 4.69) is 45.1 Å². The van der Waals surface area contributed by atoms with E-state index in [0.29, 0.717) is 0 Å². The van der Waals surface area contributed by atoms with Crippen LogP contribution in [0.3, 0.4) is 0 Å². The van der Waals surface area contributed by atoms with Crippen LogP contribution in [0.2, 0.25) is 0 Å². The second kappa shape index (κ2) is 9.55. The first-order valence-corrected chi connectivity index (χ1v) is 9.30. The summed E-state index contributed by atoms with van der Waals surface area (Å²) >= 11 is 1.79. The molecule has 1 fully saturated rings. The SMILES string of the molecule is CN=C(NCCCNC(=O)C1CCC1)N(C)CCc1cccs1. The summed E-state index contributed by atoms with van der Waals surface area (Å²) in [5.41, 5.74) is 0. The fourth-order valence-corrected chi connectivity index (χ4v) is 3.24. The Morgan fingerprint density at radius 1 is 1.39 bits per heavy atom. The van der Waals surface area contributed by atoms with Crippen molar-refractivity contribution in [3.63, 3.8) is 0 Å². The molecule has 0 aliphatic heterocycles. The molecule has 0 radical (unpaired) electrons. The third kappa shape index (κ3) is 5.86. The van der Waals surface area contributed by atoms with E-state index >= 15 is 0 Å². The normalized spacial score (nSPS) is 15.1. The smallest absolute Gasteiger partial charge is 0.223 e. The number of carbonyl (C=O) groups is 1. The molecule has 1 heterocycles. The molecule has 1 aliphatic carbocycles. The predicted octanol–water partition coefficient (Wildman–Crippen LogP) is 2.10. The lowest BCUT2D eigenvalue weighted by Gasteiger charge is -2.24. The van der Waals surface area contributed by atoms with E-state index in [-0.39, 0.29) is 11.8 Å². The molecular weight excluding hydrogens is 308 g/mol. The molecule has 128 valence electrons. The summed E-state index contributed by atoms with van der Waals surface area (Å²) in [6.45, 7) is 2.50. The molecule has 2 N–H and O–H groups in total. The average Bonchev–Trinajstić information content (AvgIpc) is 3.00. The molecule has 23 heavy (non-hydrogen) atoms. The first-order valence-electron chi connectivity index (χ1n) is 8.42. The van der Waals surface area contributed by atoms with Crippen LogP contribution in [0.1, 0.15) is 30.6 Å². The summed E-state index contributed by atoms with van der Waals surface area (Å²) in [6, 6.07) is 4.25. The zero-order chi connectivity index (χ0) is 16.5. The lowest BCUT2D eigenvalue weighted by atomic mass is 9.85. The van der Waals surface area contributed by atoms with Gasteiger partial charge in [0.1, 0.15) is 0 Å². The van der Waals surface area contributed by atoms with Gasteiger partial charge in [0, 0.05) is 44.5 Å². The van der Waals surface area contributed by atoms with Gasteiger partial charge in [0.25, 0.3) is 0 Å². The van der Waals surface area contributed by atoms with Gasteiger partial charge in [-0.25, -0.2) is 0 Å². The molecular formula is C17H28N4OS. The maximum atomic E-state index is 11.7. The highest BCUT2D eigenvalue weighted by Crippen LogP contribution is 2.25. The van der Waals surface area contributed by atoms with Crippen LogP contribution in [0.4, 0.5) is 0 Å². The van der Waals surface area contributed by atoms with Crippen molar-refractivity contribution in [3.05, 3.63) is 22.4 Å². The van der Waals surface area contributed by atoms with Crippen LogP contribution in [0.25, 0.3) is 0 Å². The largest absolute Gasteiger partial charge is 0.356 e. The maximum Gasteiger partial charge on any atom is 0.223 e. The number of carbonyl (C=O) groups excluding carboxylic acids is 1. The van der Waals surface area contributed by atoms with Gasteiger partial charge < -0.3 is 15.5 Å². The van der Waals surface area contributed by atoms with E-state index in [1.165, 1.54) is 11.3 Å². The van der Waals surface area contributed by atoms with Crippen molar-refractivity contribution >= 4 is 23.2 Å². The molecule has 6 heteroatoms. The maximum absolute atomic E-state index is 11.7. The first-order chi connectivity index (χ1) is 11.2. The Bertz CT molecular complexity index is 497. The standard InChI is InChI=1S/C17H28N4OS/c1-18-17(21(2)12-9-15-8-4-13-23-15)20-11-5-10-19-16(22)14-6-3-7-14/h4,8,13-14H,3,5-7,9-12H2,1-2H3,(H,18,20)(H,19,22). The lowest BCUT2D eigenvalue weighted by molar-refractivity contribution is -0.127. The number of hydrogen-bond acceptors (Lipinski definition) is 3. The number of nitrogens with zero attached hydrogens (tertiary/aromatic N) is 2. The zero-order valence-corrected chi connectivity index (χ0v) is 15.0. The molecule has 0 spiro atoms. The summed E-state index contributed by atoms with van der Waals surface area (Å²) in [5.74, 6) is 1.42. The van der Waals surface area contributed by atoms with Gasteiger partial charge in [-0.15, -0.1) is 11.3 Å². The van der Waals surface area contributed by atoms with Gasteiger partial charge in [0.2, 0.25) is 5.91 Å². The minimum atomic E-state index is 0.230. The van der Waals surface area contributed by atoms with Gasteiger partial charge in [0.15, 0.2) is 5.96 Å². The summed E-state index contributed by atoms with van der Waals surface area (Å²) in [4.78, 5) is 19.6. The molecule has 1 aliphatic rings. The van der Waals surface area contributed by atoms with E-state index in [1.807, 2.05) is 7.05 Å². The number of rotatable bonds is 8. The van der Waals surface area contributed by atoms with Crippen molar-refractivity contribution in [2.45, 2.75) is 32.1 Å². The fraction of sp³-hybridized carbons (Fsp3) is 0.647. The van der Waals surface area contributed by atoms with E-state index < -0.39 is 0 Å². The van der Waals surface area contributed by atoms with E-state index in [1.54, 1.807) is 11.3 Å². The van der Waals surface area contributed by atoms with Crippen molar-refractivity contribution < 1.29 is 4.79 Å². The van der Waals surface area contributed by atoms with Gasteiger partial charge >= 0.3 is 0 Å². The van der Waals surface area contributed by atoms with Crippen LogP contribution >= 0.6 is 11.3 Å². The van der Waals surface area contributed by atoms with Gasteiger partial charge in [0.05, 0.1) is 0 Å². The molecule has 1 aromatic rings. The Morgan fingerprint density at radius 2 is 2.17 bits per heavy atom. The highest BCUT2D eigenvalue weighted by atomic mass is 32.1. The van der Waals surface area contributed by atoms with Crippen LogP contribution in [-0.2, 0) is 11.2 Å². The van der Waals surface area contributed by atoms with Crippen LogP contribution < -0.4 is 10.6 Å². The zero-order valence-electron chi connectivity index (χ0n) is 14.2. The average molecular weight is 337 g/mol. The van der Waals surface area contributed by atoms with E-state index in [4.69, 9.17) is 0 Å². The number of nitrogens with one attached hydrogen (secondary N) is 2. The second-order valence-corrected chi connectivity index (χ2v) is 7.03. The van der Waals surface area contributed by atoms with Crippen LogP contribution in [0.15, 0.2) is 22.5 Å². The number of thiophene rings is 1. The van der Waals surface area contributed by atoms with Crippen molar-refractivity contribution in [1.82, 2.24) is 15.5 Å². The van der Waals surface area contributed by atoms with Gasteiger partial charge in [-0.3, -0.25) is 9.79 Å². The number of guanidine groups is 1. The summed E-state index contributed by atoms with van der Waals surface area (Å²) in [6.07, 6.45) is 5.27. The molecule has 0 aromatic carbocycles. The summed E-state index contributed by atoms with van der Waals surface area (Å²) in [5, 5.41) is 8.49. The second-order valence-electron chi connectivity index (χ2n) is 6.00. The number of aliphatic imine (C=N–C) groups is 1. The minimum Gasteiger partial charge on any atom is -0.356 e. The monoisotopic (exact) mass is 336 g/mol. The van der Waals surface area contributed by atoms with Crippen molar-refractivity contribution in [2.75, 3.05) is 33.7 Å². The topological polar surface area (TPSA) is 56.7 Å². The highest BCUT2D eigenvalue weighted by molar-refractivity contribution is 7.09. The van der Waals surface area contributed by atoms with Crippen LogP contribution in [-0.4, -0.2) is 50.5 Å². The molecule has 0 bridgehead atoms. The Balaban J connectivity index is 1.57. The van der Waals surface area contributed by atoms with Crippen LogP contribution in [0, 0.1) is 5.92 Å². The van der Waals surface area contributed by atoms with E-state index in [9.17, 15) is 4.79 Å². The molecule has 0 unspecified atom stereocenters. The Hall–Kier alpha value is -1.56. The predicted molar refractivity (Wildman–Crippen MR) is 97.0 cm³/mol. The molecule has 0 atom stereocenters. The van der Waals surface area contributed by atoms with Crippen molar-refractivity contribution in [3.8, 4) is 0 Å². The Labute approximate surface area is 143 Å². The number of hydrogen-bond donors (Lipinski definition) is 2. The molecule has 1 amide bonds. The highest BCUT2D eigenvalue weighted by Gasteiger charge is 2.24. The number of amides is 1. The van der Waals surface area contributed by atoms with Gasteiger partial charge in [-0.1, -0.05) is 12.5 Å². The minimum absolute atomic E-state index is 0.230. The first kappa shape index (κ1) is 17.8. The molecule has 5 nitrogen and oxygen atoms in total. The van der Waals surface area contributed by atoms with Crippen LogP contribution in [0.5, 0.6) is 0 Å².